The molecule has 1 aliphatic rings. The van der Waals surface area contributed by atoms with E-state index in [0.717, 1.165) is 30.6 Å². The van der Waals surface area contributed by atoms with Crippen molar-refractivity contribution in [3.8, 4) is 5.75 Å². The van der Waals surface area contributed by atoms with Gasteiger partial charge in [0.15, 0.2) is 0 Å². The lowest BCUT2D eigenvalue weighted by atomic mass is 9.97. The molecule has 4 heteroatoms. The molecular formula is C23H31NO3. The molecule has 0 radical (unpaired) electrons. The topological polar surface area (TPSA) is 72.5 Å². The van der Waals surface area contributed by atoms with Crippen molar-refractivity contribution in [3.63, 3.8) is 0 Å². The maximum atomic E-state index is 10.8. The Morgan fingerprint density at radius 1 is 1.19 bits per heavy atom. The number of nitrogens with two attached hydrogens (primary N) is 1. The van der Waals surface area contributed by atoms with E-state index in [1.807, 2.05) is 36.4 Å². The summed E-state index contributed by atoms with van der Waals surface area (Å²) in [5, 5.41) is 8.85. The summed E-state index contributed by atoms with van der Waals surface area (Å²) in [6.45, 7) is 6.06. The largest absolute Gasteiger partial charge is 0.497 e. The van der Waals surface area contributed by atoms with Gasteiger partial charge in [-0.1, -0.05) is 44.2 Å². The van der Waals surface area contributed by atoms with E-state index in [9.17, 15) is 4.79 Å². The smallest absolute Gasteiger partial charge is 0.310 e. The summed E-state index contributed by atoms with van der Waals surface area (Å²) < 4.78 is 5.13. The Balaban J connectivity index is 0.000000198. The van der Waals surface area contributed by atoms with E-state index < -0.39 is 11.9 Å². The number of carboxylic acid groups (broad SMARTS) is 1. The van der Waals surface area contributed by atoms with E-state index in [-0.39, 0.29) is 6.04 Å². The van der Waals surface area contributed by atoms with Gasteiger partial charge < -0.3 is 15.6 Å². The third kappa shape index (κ3) is 5.83. The summed E-state index contributed by atoms with van der Waals surface area (Å²) in [4.78, 5) is 10.8. The van der Waals surface area contributed by atoms with Crippen LogP contribution in [-0.4, -0.2) is 18.2 Å². The SMILES string of the molecule is CC(C)Cc1ccc([C@@H](C)C(=O)O)cc1.COc1ccc2c(c1)[C@H](N)CC2. The molecule has 27 heavy (non-hydrogen) atoms. The molecule has 4 nitrogen and oxygen atoms in total. The highest BCUT2D eigenvalue weighted by molar-refractivity contribution is 5.75. The third-order valence-corrected chi connectivity index (χ3v) is 4.97. The third-order valence-electron chi connectivity index (χ3n) is 4.97. The van der Waals surface area contributed by atoms with Gasteiger partial charge in [-0.15, -0.1) is 0 Å². The van der Waals surface area contributed by atoms with Crippen LogP contribution in [0.4, 0.5) is 0 Å². The second kappa shape index (κ2) is 9.56. The van der Waals surface area contributed by atoms with Crippen LogP contribution in [0.1, 0.15) is 61.4 Å². The van der Waals surface area contributed by atoms with Crippen molar-refractivity contribution in [2.24, 2.45) is 11.7 Å². The first kappa shape index (κ1) is 21.0. The standard InChI is InChI=1S/C13H18O2.C10H13NO/c1-9(2)8-11-4-6-12(7-5-11)10(3)13(14)15;1-12-8-4-2-7-3-5-10(11)9(7)6-8/h4-7,9-10H,8H2,1-3H3,(H,14,15);2,4,6,10H,3,5,11H2,1H3/t2*10-/m11/s1. The van der Waals surface area contributed by atoms with E-state index >= 15 is 0 Å². The van der Waals surface area contributed by atoms with Crippen LogP contribution in [0.5, 0.6) is 5.75 Å². The molecule has 3 rings (SSSR count). The number of aliphatic carboxylic acids is 1. The molecule has 3 N–H and O–H groups in total. The number of carboxylic acids is 1. The fraction of sp³-hybridized carbons (Fsp3) is 0.435. The summed E-state index contributed by atoms with van der Waals surface area (Å²) in [5.41, 5.74) is 10.7. The van der Waals surface area contributed by atoms with Crippen molar-refractivity contribution in [2.45, 2.75) is 52.0 Å². The molecule has 0 saturated heterocycles. The predicted octanol–water partition coefficient (Wildman–Crippen LogP) is 4.71. The molecule has 0 bridgehead atoms. The normalized spacial score (nSPS) is 16.3. The Labute approximate surface area is 162 Å². The minimum absolute atomic E-state index is 0.218. The lowest BCUT2D eigenvalue weighted by molar-refractivity contribution is -0.138. The Kier molecular flexibility index (Phi) is 7.43. The summed E-state index contributed by atoms with van der Waals surface area (Å²) in [6, 6.07) is 14.2. The number of fused-ring (bicyclic) bond motifs is 1. The fourth-order valence-electron chi connectivity index (χ4n) is 3.30. The van der Waals surface area contributed by atoms with E-state index in [2.05, 4.69) is 19.9 Å². The molecule has 0 fully saturated rings. The summed E-state index contributed by atoms with van der Waals surface area (Å²) in [7, 11) is 1.68. The van der Waals surface area contributed by atoms with Crippen molar-refractivity contribution in [3.05, 3.63) is 64.7 Å². The second-order valence-electron chi connectivity index (χ2n) is 7.61. The molecule has 0 heterocycles. The van der Waals surface area contributed by atoms with Crippen LogP contribution < -0.4 is 10.5 Å². The lowest BCUT2D eigenvalue weighted by Gasteiger charge is -2.09. The minimum atomic E-state index is -0.772. The second-order valence-corrected chi connectivity index (χ2v) is 7.61. The van der Waals surface area contributed by atoms with Gasteiger partial charge in [0.1, 0.15) is 5.75 Å². The minimum Gasteiger partial charge on any atom is -0.497 e. The number of aryl methyl sites for hydroxylation is 1. The summed E-state index contributed by atoms with van der Waals surface area (Å²) in [6.07, 6.45) is 3.23. The van der Waals surface area contributed by atoms with E-state index in [1.54, 1.807) is 14.0 Å². The van der Waals surface area contributed by atoms with Crippen molar-refractivity contribution in [1.29, 1.82) is 0 Å². The van der Waals surface area contributed by atoms with Crippen LogP contribution in [0.25, 0.3) is 0 Å². The van der Waals surface area contributed by atoms with E-state index in [1.165, 1.54) is 16.7 Å². The maximum absolute atomic E-state index is 10.8. The number of hydrogen-bond donors (Lipinski definition) is 2. The molecule has 0 saturated carbocycles. The molecule has 0 unspecified atom stereocenters. The van der Waals surface area contributed by atoms with Crippen LogP contribution in [-0.2, 0) is 17.6 Å². The fourth-order valence-corrected chi connectivity index (χ4v) is 3.30. The number of rotatable bonds is 5. The zero-order valence-corrected chi connectivity index (χ0v) is 16.7. The zero-order chi connectivity index (χ0) is 20.0. The zero-order valence-electron chi connectivity index (χ0n) is 16.7. The highest BCUT2D eigenvalue weighted by atomic mass is 16.5. The quantitative estimate of drug-likeness (QED) is 0.800. The molecule has 0 spiro atoms. The van der Waals surface area contributed by atoms with Crippen LogP contribution in [0.15, 0.2) is 42.5 Å². The molecule has 2 atom stereocenters. The van der Waals surface area contributed by atoms with Gasteiger partial charge in [-0.25, -0.2) is 0 Å². The van der Waals surface area contributed by atoms with E-state index in [0.29, 0.717) is 5.92 Å². The first-order valence-electron chi connectivity index (χ1n) is 9.55. The molecule has 0 amide bonds. The number of ether oxygens (including phenoxy) is 1. The molecule has 0 aliphatic heterocycles. The van der Waals surface area contributed by atoms with Crippen LogP contribution in [0, 0.1) is 5.92 Å². The van der Waals surface area contributed by atoms with E-state index in [4.69, 9.17) is 15.6 Å². The monoisotopic (exact) mass is 369 g/mol. The van der Waals surface area contributed by atoms with Crippen LogP contribution in [0.2, 0.25) is 0 Å². The lowest BCUT2D eigenvalue weighted by Crippen LogP contribution is -2.07. The Morgan fingerprint density at radius 2 is 1.85 bits per heavy atom. The number of methoxy groups -OCH3 is 1. The Morgan fingerprint density at radius 3 is 2.41 bits per heavy atom. The molecule has 2 aromatic rings. The molecule has 0 aromatic heterocycles. The van der Waals surface area contributed by atoms with Crippen LogP contribution >= 0.6 is 0 Å². The summed E-state index contributed by atoms with van der Waals surface area (Å²) in [5.74, 6) is 0.351. The molecule has 146 valence electrons. The highest BCUT2D eigenvalue weighted by Gasteiger charge is 2.18. The van der Waals surface area contributed by atoms with Gasteiger partial charge in [-0.2, -0.15) is 0 Å². The number of benzene rings is 2. The maximum Gasteiger partial charge on any atom is 0.310 e. The average molecular weight is 370 g/mol. The van der Waals surface area contributed by atoms with Gasteiger partial charge in [0.25, 0.3) is 0 Å². The Hall–Kier alpha value is -2.33. The highest BCUT2D eigenvalue weighted by Crippen LogP contribution is 2.31. The first-order chi connectivity index (χ1) is 12.8. The van der Waals surface area contributed by atoms with Crippen molar-refractivity contribution < 1.29 is 14.6 Å². The van der Waals surface area contributed by atoms with Gasteiger partial charge in [-0.3, -0.25) is 4.79 Å². The summed E-state index contributed by atoms with van der Waals surface area (Å²) >= 11 is 0. The number of carbonyl (C=O) groups is 1. The molecule has 1 aliphatic carbocycles. The molecule has 2 aromatic carbocycles. The van der Waals surface area contributed by atoms with Gasteiger partial charge in [0.05, 0.1) is 13.0 Å². The van der Waals surface area contributed by atoms with Crippen molar-refractivity contribution in [1.82, 2.24) is 0 Å². The van der Waals surface area contributed by atoms with Crippen molar-refractivity contribution >= 4 is 5.97 Å². The van der Waals surface area contributed by atoms with Crippen molar-refractivity contribution in [2.75, 3.05) is 7.11 Å². The number of hydrogen-bond acceptors (Lipinski definition) is 3. The van der Waals surface area contributed by atoms with Gasteiger partial charge in [0, 0.05) is 6.04 Å². The van der Waals surface area contributed by atoms with Gasteiger partial charge in [0.2, 0.25) is 0 Å². The van der Waals surface area contributed by atoms with Gasteiger partial charge in [-0.05, 0) is 66.5 Å². The van der Waals surface area contributed by atoms with Crippen LogP contribution in [0.3, 0.4) is 0 Å². The van der Waals surface area contributed by atoms with Gasteiger partial charge >= 0.3 is 5.97 Å². The average Bonchev–Trinajstić information content (AvgIpc) is 3.02. The first-order valence-corrected chi connectivity index (χ1v) is 9.55. The Bertz CT molecular complexity index is 753. The molecular weight excluding hydrogens is 338 g/mol. The predicted molar refractivity (Wildman–Crippen MR) is 109 cm³/mol.